The first-order chi connectivity index (χ1) is 9.10. The molecule has 1 atom stereocenters. The van der Waals surface area contributed by atoms with Crippen LogP contribution in [0.4, 0.5) is 11.4 Å². The highest BCUT2D eigenvalue weighted by atomic mass is 16.2. The number of hydrogen-bond donors (Lipinski definition) is 1. The van der Waals surface area contributed by atoms with E-state index in [1.54, 1.807) is 4.90 Å². The van der Waals surface area contributed by atoms with Crippen molar-refractivity contribution in [1.29, 1.82) is 0 Å². The number of nitrogen functional groups attached to an aromatic ring is 1. The Morgan fingerprint density at radius 3 is 2.68 bits per heavy atom. The molecule has 0 aliphatic carbocycles. The Balaban J connectivity index is 1.91. The van der Waals surface area contributed by atoms with Crippen molar-refractivity contribution in [2.45, 2.75) is 19.8 Å². The van der Waals surface area contributed by atoms with Crippen molar-refractivity contribution < 1.29 is 4.79 Å². The molecule has 1 aliphatic heterocycles. The van der Waals surface area contributed by atoms with Crippen LogP contribution < -0.4 is 10.6 Å². The van der Waals surface area contributed by atoms with E-state index >= 15 is 0 Å². The van der Waals surface area contributed by atoms with E-state index in [4.69, 9.17) is 5.73 Å². The van der Waals surface area contributed by atoms with Gasteiger partial charge in [-0.2, -0.15) is 0 Å². The molecule has 2 N–H and O–H groups in total. The summed E-state index contributed by atoms with van der Waals surface area (Å²) in [5.41, 5.74) is 7.27. The molecule has 1 unspecified atom stereocenters. The predicted octanol–water partition coefficient (Wildman–Crippen LogP) is 1.96. The summed E-state index contributed by atoms with van der Waals surface area (Å²) in [7, 11) is 1.82. The summed E-state index contributed by atoms with van der Waals surface area (Å²) in [6.07, 6.45) is 2.42. The lowest BCUT2D eigenvalue weighted by molar-refractivity contribution is -0.119. The van der Waals surface area contributed by atoms with E-state index in [-0.39, 0.29) is 5.91 Å². The number of carbonyl (C=O) groups is 1. The second-order valence-corrected chi connectivity index (χ2v) is 5.34. The summed E-state index contributed by atoms with van der Waals surface area (Å²) in [5.74, 6) is 0.899. The maximum Gasteiger partial charge on any atom is 0.240 e. The van der Waals surface area contributed by atoms with Gasteiger partial charge in [0.1, 0.15) is 0 Å². The Labute approximate surface area is 115 Å². The molecule has 0 saturated carbocycles. The third-order valence-electron chi connectivity index (χ3n) is 3.96. The van der Waals surface area contributed by atoms with Gasteiger partial charge in [-0.3, -0.25) is 9.69 Å². The monoisotopic (exact) mass is 261 g/mol. The van der Waals surface area contributed by atoms with Gasteiger partial charge in [0.05, 0.1) is 6.54 Å². The Bertz CT molecular complexity index is 430. The molecule has 1 saturated heterocycles. The number of nitrogens with zero attached hydrogens (tertiary/aromatic N) is 2. The first kappa shape index (κ1) is 13.9. The van der Waals surface area contributed by atoms with Crippen LogP contribution >= 0.6 is 0 Å². The summed E-state index contributed by atoms with van der Waals surface area (Å²) < 4.78 is 0. The van der Waals surface area contributed by atoms with Crippen molar-refractivity contribution in [2.75, 3.05) is 37.3 Å². The van der Waals surface area contributed by atoms with Crippen molar-refractivity contribution in [2.24, 2.45) is 5.92 Å². The number of carbonyl (C=O) groups excluding carboxylic acids is 1. The van der Waals surface area contributed by atoms with Crippen LogP contribution in [0.3, 0.4) is 0 Å². The van der Waals surface area contributed by atoms with E-state index in [2.05, 4.69) is 11.8 Å². The van der Waals surface area contributed by atoms with Gasteiger partial charge in [-0.25, -0.2) is 0 Å². The van der Waals surface area contributed by atoms with E-state index in [0.29, 0.717) is 6.54 Å². The van der Waals surface area contributed by atoms with Gasteiger partial charge in [-0.15, -0.1) is 0 Å². The summed E-state index contributed by atoms with van der Waals surface area (Å²) in [6, 6.07) is 7.41. The largest absolute Gasteiger partial charge is 0.399 e. The topological polar surface area (TPSA) is 49.6 Å². The van der Waals surface area contributed by atoms with E-state index in [0.717, 1.165) is 30.4 Å². The summed E-state index contributed by atoms with van der Waals surface area (Å²) >= 11 is 0. The van der Waals surface area contributed by atoms with E-state index in [1.165, 1.54) is 12.8 Å². The molecule has 19 heavy (non-hydrogen) atoms. The smallest absolute Gasteiger partial charge is 0.240 e. The second-order valence-electron chi connectivity index (χ2n) is 5.34. The molecule has 1 aromatic carbocycles. The number of likely N-dealkylation sites (tertiary alicyclic amines) is 1. The Kier molecular flexibility index (Phi) is 4.43. The van der Waals surface area contributed by atoms with Crippen LogP contribution in [-0.4, -0.2) is 37.5 Å². The Morgan fingerprint density at radius 1 is 1.42 bits per heavy atom. The maximum atomic E-state index is 12.2. The van der Waals surface area contributed by atoms with Gasteiger partial charge in [-0.1, -0.05) is 13.3 Å². The third-order valence-corrected chi connectivity index (χ3v) is 3.96. The van der Waals surface area contributed by atoms with Crippen molar-refractivity contribution in [3.8, 4) is 0 Å². The maximum absolute atomic E-state index is 12.2. The van der Waals surface area contributed by atoms with Crippen LogP contribution in [0.15, 0.2) is 24.3 Å². The van der Waals surface area contributed by atoms with Gasteiger partial charge in [0.25, 0.3) is 0 Å². The zero-order valence-corrected chi connectivity index (χ0v) is 11.8. The van der Waals surface area contributed by atoms with Crippen LogP contribution in [-0.2, 0) is 4.79 Å². The first-order valence-electron chi connectivity index (χ1n) is 6.94. The molecule has 0 aromatic heterocycles. The number of rotatable bonds is 4. The van der Waals surface area contributed by atoms with Crippen molar-refractivity contribution in [3.05, 3.63) is 24.3 Å². The molecule has 0 bridgehead atoms. The lowest BCUT2D eigenvalue weighted by atomic mass is 10.1. The zero-order valence-electron chi connectivity index (χ0n) is 11.8. The van der Waals surface area contributed by atoms with Gasteiger partial charge < -0.3 is 10.6 Å². The van der Waals surface area contributed by atoms with Crippen LogP contribution in [0.25, 0.3) is 0 Å². The minimum atomic E-state index is 0.140. The van der Waals surface area contributed by atoms with Crippen LogP contribution in [0.2, 0.25) is 0 Å². The van der Waals surface area contributed by atoms with Gasteiger partial charge >= 0.3 is 0 Å². The van der Waals surface area contributed by atoms with Crippen molar-refractivity contribution in [1.82, 2.24) is 4.90 Å². The molecule has 0 radical (unpaired) electrons. The van der Waals surface area contributed by atoms with Gasteiger partial charge in [-0.05, 0) is 43.1 Å². The molecular weight excluding hydrogens is 238 g/mol. The highest BCUT2D eigenvalue weighted by molar-refractivity contribution is 5.94. The van der Waals surface area contributed by atoms with Gasteiger partial charge in [0, 0.05) is 25.0 Å². The molecule has 1 fully saturated rings. The average molecular weight is 261 g/mol. The molecule has 1 aliphatic rings. The predicted molar refractivity (Wildman–Crippen MR) is 79.1 cm³/mol. The van der Waals surface area contributed by atoms with E-state index in [9.17, 15) is 4.79 Å². The standard InChI is InChI=1S/C15H23N3O/c1-3-12-8-9-18(10-12)11-15(19)17(2)14-6-4-13(16)5-7-14/h4-7,12H,3,8-11,16H2,1-2H3. The molecule has 0 spiro atoms. The van der Waals surface area contributed by atoms with Crippen LogP contribution in [0.5, 0.6) is 0 Å². The highest BCUT2D eigenvalue weighted by Crippen LogP contribution is 2.20. The summed E-state index contributed by atoms with van der Waals surface area (Å²) in [5, 5.41) is 0. The number of likely N-dealkylation sites (N-methyl/N-ethyl adjacent to an activating group) is 1. The average Bonchev–Trinajstić information content (AvgIpc) is 2.86. The number of anilines is 2. The number of amides is 1. The second kappa shape index (κ2) is 6.06. The molecule has 2 rings (SSSR count). The fourth-order valence-corrected chi connectivity index (χ4v) is 2.53. The van der Waals surface area contributed by atoms with Crippen LogP contribution in [0, 0.1) is 5.92 Å². The quantitative estimate of drug-likeness (QED) is 0.843. The van der Waals surface area contributed by atoms with Gasteiger partial charge in [0.2, 0.25) is 5.91 Å². The normalized spacial score (nSPS) is 19.6. The molecular formula is C15H23N3O. The first-order valence-corrected chi connectivity index (χ1v) is 6.94. The lowest BCUT2D eigenvalue weighted by Crippen LogP contribution is -2.37. The minimum Gasteiger partial charge on any atom is -0.399 e. The van der Waals surface area contributed by atoms with Crippen molar-refractivity contribution >= 4 is 17.3 Å². The SMILES string of the molecule is CCC1CCN(CC(=O)N(C)c2ccc(N)cc2)C1. The number of nitrogens with two attached hydrogens (primary N) is 1. The number of hydrogen-bond acceptors (Lipinski definition) is 3. The molecule has 4 nitrogen and oxygen atoms in total. The Morgan fingerprint density at radius 2 is 2.11 bits per heavy atom. The molecule has 1 amide bonds. The van der Waals surface area contributed by atoms with Gasteiger partial charge in [0.15, 0.2) is 0 Å². The van der Waals surface area contributed by atoms with E-state index in [1.807, 2.05) is 31.3 Å². The fourth-order valence-electron chi connectivity index (χ4n) is 2.53. The van der Waals surface area contributed by atoms with E-state index < -0.39 is 0 Å². The lowest BCUT2D eigenvalue weighted by Gasteiger charge is -2.21. The summed E-state index contributed by atoms with van der Waals surface area (Å²) in [6.45, 7) is 4.82. The van der Waals surface area contributed by atoms with Crippen molar-refractivity contribution in [3.63, 3.8) is 0 Å². The number of benzene rings is 1. The molecule has 1 aromatic rings. The zero-order chi connectivity index (χ0) is 13.8. The minimum absolute atomic E-state index is 0.140. The molecule has 4 heteroatoms. The highest BCUT2D eigenvalue weighted by Gasteiger charge is 2.24. The fraction of sp³-hybridized carbons (Fsp3) is 0.533. The molecule has 104 valence electrons. The third kappa shape index (κ3) is 3.47. The Hall–Kier alpha value is -1.55. The van der Waals surface area contributed by atoms with Crippen LogP contribution in [0.1, 0.15) is 19.8 Å². The molecule has 1 heterocycles. The summed E-state index contributed by atoms with van der Waals surface area (Å²) in [4.78, 5) is 16.2.